The van der Waals surface area contributed by atoms with E-state index in [1.165, 1.54) is 0 Å². The average molecular weight is 315 g/mol. The Morgan fingerprint density at radius 2 is 1.74 bits per heavy atom. The quantitative estimate of drug-likeness (QED) is 0.827. The van der Waals surface area contributed by atoms with Crippen molar-refractivity contribution in [2.75, 3.05) is 32.7 Å². The van der Waals surface area contributed by atoms with Crippen LogP contribution in [0.25, 0.3) is 11.3 Å². The molecule has 0 unspecified atom stereocenters. The largest absolute Gasteiger partial charge is 0.497 e. The first kappa shape index (κ1) is 17.2. The zero-order valence-electron chi connectivity index (χ0n) is 14.5. The van der Waals surface area contributed by atoms with Crippen LogP contribution >= 0.6 is 0 Å². The maximum absolute atomic E-state index is 5.21. The smallest absolute Gasteiger partial charge is 0.223 e. The second kappa shape index (κ2) is 7.42. The molecule has 0 fully saturated rings. The molecule has 1 aromatic carbocycles. The SMILES string of the molecule is COCCNc1nc(-c2ccc(OC)cc2)cc(C(C)(C)C)n1. The molecule has 5 heteroatoms. The molecule has 0 radical (unpaired) electrons. The third-order valence-electron chi connectivity index (χ3n) is 3.47. The fraction of sp³-hybridized carbons (Fsp3) is 0.444. The Morgan fingerprint density at radius 1 is 1.04 bits per heavy atom. The molecule has 2 aromatic rings. The van der Waals surface area contributed by atoms with Gasteiger partial charge in [0.1, 0.15) is 5.75 Å². The fourth-order valence-electron chi connectivity index (χ4n) is 2.09. The number of hydrogen-bond donors (Lipinski definition) is 1. The minimum Gasteiger partial charge on any atom is -0.497 e. The highest BCUT2D eigenvalue weighted by Crippen LogP contribution is 2.27. The summed E-state index contributed by atoms with van der Waals surface area (Å²) in [5, 5.41) is 3.22. The van der Waals surface area contributed by atoms with Gasteiger partial charge in [0, 0.05) is 24.6 Å². The molecule has 1 heterocycles. The number of hydrogen-bond acceptors (Lipinski definition) is 5. The van der Waals surface area contributed by atoms with Gasteiger partial charge in [0.15, 0.2) is 0 Å². The Morgan fingerprint density at radius 3 is 2.30 bits per heavy atom. The molecule has 0 aliphatic heterocycles. The van der Waals surface area contributed by atoms with Gasteiger partial charge in [-0.3, -0.25) is 0 Å². The maximum Gasteiger partial charge on any atom is 0.223 e. The van der Waals surface area contributed by atoms with E-state index in [0.29, 0.717) is 19.1 Å². The normalized spacial score (nSPS) is 11.3. The average Bonchev–Trinajstić information content (AvgIpc) is 2.54. The van der Waals surface area contributed by atoms with Crippen LogP contribution in [0.5, 0.6) is 5.75 Å². The van der Waals surface area contributed by atoms with Gasteiger partial charge in [-0.15, -0.1) is 0 Å². The van der Waals surface area contributed by atoms with Gasteiger partial charge < -0.3 is 14.8 Å². The first-order valence-corrected chi connectivity index (χ1v) is 7.71. The summed E-state index contributed by atoms with van der Waals surface area (Å²) >= 11 is 0. The lowest BCUT2D eigenvalue weighted by atomic mass is 9.91. The molecule has 2 rings (SSSR count). The predicted molar refractivity (Wildman–Crippen MR) is 93.1 cm³/mol. The summed E-state index contributed by atoms with van der Waals surface area (Å²) in [5.41, 5.74) is 2.88. The minimum atomic E-state index is -0.0537. The summed E-state index contributed by atoms with van der Waals surface area (Å²) in [6.45, 7) is 7.72. The second-order valence-corrected chi connectivity index (χ2v) is 6.36. The van der Waals surface area contributed by atoms with E-state index in [4.69, 9.17) is 9.47 Å². The van der Waals surface area contributed by atoms with Crippen LogP contribution in [0.1, 0.15) is 26.5 Å². The Kier molecular flexibility index (Phi) is 5.55. The van der Waals surface area contributed by atoms with Crippen LogP contribution < -0.4 is 10.1 Å². The zero-order valence-corrected chi connectivity index (χ0v) is 14.5. The molecule has 0 amide bonds. The topological polar surface area (TPSA) is 56.3 Å². The van der Waals surface area contributed by atoms with Crippen LogP contribution in [0.15, 0.2) is 30.3 Å². The molecule has 124 valence electrons. The molecule has 0 saturated heterocycles. The van der Waals surface area contributed by atoms with E-state index in [1.807, 2.05) is 30.3 Å². The van der Waals surface area contributed by atoms with Crippen LogP contribution in [0.2, 0.25) is 0 Å². The number of ether oxygens (including phenoxy) is 2. The first-order valence-electron chi connectivity index (χ1n) is 7.71. The molecular weight excluding hydrogens is 290 g/mol. The first-order chi connectivity index (χ1) is 10.9. The van der Waals surface area contributed by atoms with Crippen LogP contribution in [0, 0.1) is 0 Å². The summed E-state index contributed by atoms with van der Waals surface area (Å²) in [7, 11) is 3.34. The van der Waals surface area contributed by atoms with Gasteiger partial charge in [0.2, 0.25) is 5.95 Å². The van der Waals surface area contributed by atoms with Gasteiger partial charge >= 0.3 is 0 Å². The van der Waals surface area contributed by atoms with Crippen molar-refractivity contribution in [3.8, 4) is 17.0 Å². The Labute approximate surface area is 138 Å². The monoisotopic (exact) mass is 315 g/mol. The van der Waals surface area contributed by atoms with Crippen LogP contribution in [-0.4, -0.2) is 37.3 Å². The lowest BCUT2D eigenvalue weighted by Gasteiger charge is -2.20. The number of nitrogens with one attached hydrogen (secondary N) is 1. The number of methoxy groups -OCH3 is 2. The number of anilines is 1. The molecule has 23 heavy (non-hydrogen) atoms. The highest BCUT2D eigenvalue weighted by atomic mass is 16.5. The molecule has 0 atom stereocenters. The lowest BCUT2D eigenvalue weighted by molar-refractivity contribution is 0.210. The zero-order chi connectivity index (χ0) is 16.9. The molecule has 0 saturated carbocycles. The maximum atomic E-state index is 5.21. The summed E-state index contributed by atoms with van der Waals surface area (Å²) < 4.78 is 10.3. The highest BCUT2D eigenvalue weighted by Gasteiger charge is 2.18. The van der Waals surface area contributed by atoms with Gasteiger partial charge in [-0.25, -0.2) is 9.97 Å². The number of aromatic nitrogens is 2. The molecule has 1 aromatic heterocycles. The molecule has 0 aliphatic rings. The lowest BCUT2D eigenvalue weighted by Crippen LogP contribution is -2.17. The van der Waals surface area contributed by atoms with E-state index in [1.54, 1.807) is 14.2 Å². The molecular formula is C18H25N3O2. The van der Waals surface area contributed by atoms with Crippen molar-refractivity contribution in [3.05, 3.63) is 36.0 Å². The van der Waals surface area contributed by atoms with Crippen molar-refractivity contribution in [2.45, 2.75) is 26.2 Å². The second-order valence-electron chi connectivity index (χ2n) is 6.36. The van der Waals surface area contributed by atoms with Gasteiger partial charge in [-0.1, -0.05) is 20.8 Å². The Balaban J connectivity index is 2.38. The van der Waals surface area contributed by atoms with Gasteiger partial charge in [0.25, 0.3) is 0 Å². The summed E-state index contributed by atoms with van der Waals surface area (Å²) in [6, 6.07) is 9.93. The van der Waals surface area contributed by atoms with E-state index in [0.717, 1.165) is 22.7 Å². The summed E-state index contributed by atoms with van der Waals surface area (Å²) in [5.74, 6) is 1.46. The van der Waals surface area contributed by atoms with E-state index in [9.17, 15) is 0 Å². The molecule has 0 spiro atoms. The number of nitrogens with zero attached hydrogens (tertiary/aromatic N) is 2. The van der Waals surface area contributed by atoms with E-state index >= 15 is 0 Å². The number of rotatable bonds is 6. The fourth-order valence-corrected chi connectivity index (χ4v) is 2.09. The molecule has 0 bridgehead atoms. The third kappa shape index (κ3) is 4.66. The van der Waals surface area contributed by atoms with E-state index in [2.05, 4.69) is 36.1 Å². The van der Waals surface area contributed by atoms with E-state index in [-0.39, 0.29) is 5.41 Å². The standard InChI is InChI=1S/C18H25N3O2/c1-18(2,3)16-12-15(13-6-8-14(23-5)9-7-13)20-17(21-16)19-10-11-22-4/h6-9,12H,10-11H2,1-5H3,(H,19,20,21). The third-order valence-corrected chi connectivity index (χ3v) is 3.47. The van der Waals surface area contributed by atoms with Crippen molar-refractivity contribution in [2.24, 2.45) is 0 Å². The van der Waals surface area contributed by atoms with Crippen LogP contribution in [0.3, 0.4) is 0 Å². The van der Waals surface area contributed by atoms with Gasteiger partial charge in [0.05, 0.1) is 25.1 Å². The molecule has 1 N–H and O–H groups in total. The van der Waals surface area contributed by atoms with Crippen molar-refractivity contribution in [1.29, 1.82) is 0 Å². The van der Waals surface area contributed by atoms with Gasteiger partial charge in [-0.05, 0) is 30.3 Å². The van der Waals surface area contributed by atoms with Crippen molar-refractivity contribution >= 4 is 5.95 Å². The van der Waals surface area contributed by atoms with Crippen LogP contribution in [0.4, 0.5) is 5.95 Å². The van der Waals surface area contributed by atoms with E-state index < -0.39 is 0 Å². The Hall–Kier alpha value is -2.14. The van der Waals surface area contributed by atoms with Crippen molar-refractivity contribution in [3.63, 3.8) is 0 Å². The number of benzene rings is 1. The molecule has 5 nitrogen and oxygen atoms in total. The minimum absolute atomic E-state index is 0.0537. The Bertz CT molecular complexity index is 634. The van der Waals surface area contributed by atoms with Crippen molar-refractivity contribution in [1.82, 2.24) is 9.97 Å². The van der Waals surface area contributed by atoms with Gasteiger partial charge in [-0.2, -0.15) is 0 Å². The van der Waals surface area contributed by atoms with Crippen molar-refractivity contribution < 1.29 is 9.47 Å². The summed E-state index contributed by atoms with van der Waals surface area (Å²) in [6.07, 6.45) is 0. The predicted octanol–water partition coefficient (Wildman–Crippen LogP) is 3.51. The summed E-state index contributed by atoms with van der Waals surface area (Å²) in [4.78, 5) is 9.26. The van der Waals surface area contributed by atoms with Crippen LogP contribution in [-0.2, 0) is 10.2 Å². The molecule has 0 aliphatic carbocycles. The highest BCUT2D eigenvalue weighted by molar-refractivity contribution is 5.62.